The molecular weight excluding hydrogens is 420 g/mol. The number of aromatic nitrogens is 1. The third kappa shape index (κ3) is 5.64. The molecule has 1 heterocycles. The molecule has 0 spiro atoms. The highest BCUT2D eigenvalue weighted by Gasteiger charge is 2.14. The fourth-order valence-electron chi connectivity index (χ4n) is 2.88. The zero-order chi connectivity index (χ0) is 22.4. The SMILES string of the molecule is CCN(Cc1ccc(C(=O)NCC(=O)O)cc1)c1nc(-c2cccc([N+](=O)[O-])c2)cs1. The minimum atomic E-state index is -1.10. The molecule has 0 bridgehead atoms. The van der Waals surface area contributed by atoms with Crippen LogP contribution in [0.25, 0.3) is 11.3 Å². The van der Waals surface area contributed by atoms with Gasteiger partial charge in [0.15, 0.2) is 5.13 Å². The Morgan fingerprint density at radius 2 is 1.97 bits per heavy atom. The number of nitrogens with one attached hydrogen (secondary N) is 1. The van der Waals surface area contributed by atoms with Crippen LogP contribution in [-0.4, -0.2) is 40.0 Å². The first-order valence-electron chi connectivity index (χ1n) is 9.41. The number of hydrogen-bond acceptors (Lipinski definition) is 7. The molecule has 0 saturated heterocycles. The van der Waals surface area contributed by atoms with Crippen molar-refractivity contribution in [2.45, 2.75) is 13.5 Å². The molecular formula is C21H20N4O5S. The molecule has 0 aliphatic rings. The molecule has 1 aromatic heterocycles. The van der Waals surface area contributed by atoms with E-state index < -0.39 is 23.3 Å². The maximum Gasteiger partial charge on any atom is 0.322 e. The predicted molar refractivity (Wildman–Crippen MR) is 117 cm³/mol. The van der Waals surface area contributed by atoms with Crippen molar-refractivity contribution in [2.75, 3.05) is 18.0 Å². The number of carboxylic acids is 1. The number of carbonyl (C=O) groups excluding carboxylic acids is 1. The first kappa shape index (κ1) is 21.9. The van der Waals surface area contributed by atoms with Crippen molar-refractivity contribution in [2.24, 2.45) is 0 Å². The van der Waals surface area contributed by atoms with Crippen LogP contribution in [0.4, 0.5) is 10.8 Å². The molecule has 0 fully saturated rings. The second kappa shape index (κ2) is 9.81. The fraction of sp³-hybridized carbons (Fsp3) is 0.190. The van der Waals surface area contributed by atoms with Gasteiger partial charge in [-0.2, -0.15) is 0 Å². The van der Waals surface area contributed by atoms with Gasteiger partial charge >= 0.3 is 5.97 Å². The van der Waals surface area contributed by atoms with E-state index in [2.05, 4.69) is 15.2 Å². The maximum absolute atomic E-state index is 11.9. The quantitative estimate of drug-likeness (QED) is 0.385. The lowest BCUT2D eigenvalue weighted by Gasteiger charge is -2.20. The predicted octanol–water partition coefficient (Wildman–Crippen LogP) is 3.56. The number of nitro groups is 1. The van der Waals surface area contributed by atoms with Crippen LogP contribution in [0.5, 0.6) is 0 Å². The highest BCUT2D eigenvalue weighted by molar-refractivity contribution is 7.14. The molecule has 0 aliphatic heterocycles. The number of carbonyl (C=O) groups is 2. The van der Waals surface area contributed by atoms with Gasteiger partial charge in [-0.1, -0.05) is 24.3 Å². The number of nitro benzene ring substituents is 1. The van der Waals surface area contributed by atoms with Gasteiger partial charge in [0.25, 0.3) is 11.6 Å². The minimum absolute atomic E-state index is 0.0203. The van der Waals surface area contributed by atoms with Crippen LogP contribution >= 0.6 is 11.3 Å². The number of carboxylic acid groups (broad SMARTS) is 1. The fourth-order valence-corrected chi connectivity index (χ4v) is 3.78. The van der Waals surface area contributed by atoms with Crippen LogP contribution in [-0.2, 0) is 11.3 Å². The molecule has 3 aromatic rings. The lowest BCUT2D eigenvalue weighted by molar-refractivity contribution is -0.384. The normalized spacial score (nSPS) is 10.5. The molecule has 0 aliphatic carbocycles. The molecule has 9 nitrogen and oxygen atoms in total. The summed E-state index contributed by atoms with van der Waals surface area (Å²) in [7, 11) is 0. The third-order valence-corrected chi connectivity index (χ3v) is 5.39. The Morgan fingerprint density at radius 3 is 2.61 bits per heavy atom. The monoisotopic (exact) mass is 440 g/mol. The second-order valence-electron chi connectivity index (χ2n) is 6.61. The van der Waals surface area contributed by atoms with Gasteiger partial charge in [0.1, 0.15) is 6.54 Å². The summed E-state index contributed by atoms with van der Waals surface area (Å²) in [4.78, 5) is 39.8. The molecule has 0 radical (unpaired) electrons. The lowest BCUT2D eigenvalue weighted by atomic mass is 10.1. The maximum atomic E-state index is 11.9. The van der Waals surface area contributed by atoms with Gasteiger partial charge in [-0.15, -0.1) is 11.3 Å². The van der Waals surface area contributed by atoms with Crippen molar-refractivity contribution in [3.63, 3.8) is 0 Å². The Kier molecular flexibility index (Phi) is 6.93. The van der Waals surface area contributed by atoms with E-state index in [1.807, 2.05) is 24.4 Å². The smallest absolute Gasteiger partial charge is 0.322 e. The van der Waals surface area contributed by atoms with Gasteiger partial charge in [0, 0.05) is 41.7 Å². The van der Waals surface area contributed by atoms with E-state index in [1.54, 1.807) is 24.3 Å². The first-order chi connectivity index (χ1) is 14.9. The highest BCUT2D eigenvalue weighted by Crippen LogP contribution is 2.30. The van der Waals surface area contributed by atoms with Crippen LogP contribution in [0.2, 0.25) is 0 Å². The molecule has 3 rings (SSSR count). The Balaban J connectivity index is 1.71. The van der Waals surface area contributed by atoms with E-state index in [1.165, 1.54) is 23.5 Å². The molecule has 2 aromatic carbocycles. The Bertz CT molecular complexity index is 1100. The summed E-state index contributed by atoms with van der Waals surface area (Å²) in [5, 5.41) is 24.6. The number of thiazole rings is 1. The molecule has 0 saturated carbocycles. The number of amides is 1. The van der Waals surface area contributed by atoms with Crippen molar-refractivity contribution >= 4 is 34.0 Å². The first-order valence-corrected chi connectivity index (χ1v) is 10.3. The highest BCUT2D eigenvalue weighted by atomic mass is 32.1. The van der Waals surface area contributed by atoms with Crippen LogP contribution in [0.15, 0.2) is 53.9 Å². The van der Waals surface area contributed by atoms with Crippen LogP contribution in [0.1, 0.15) is 22.8 Å². The van der Waals surface area contributed by atoms with E-state index in [4.69, 9.17) is 5.11 Å². The van der Waals surface area contributed by atoms with Crippen molar-refractivity contribution in [1.29, 1.82) is 0 Å². The second-order valence-corrected chi connectivity index (χ2v) is 7.45. The number of non-ortho nitro benzene ring substituents is 1. The van der Waals surface area contributed by atoms with Crippen molar-refractivity contribution in [3.8, 4) is 11.3 Å². The van der Waals surface area contributed by atoms with E-state index in [0.29, 0.717) is 29.9 Å². The number of aliphatic carboxylic acids is 1. The summed E-state index contributed by atoms with van der Waals surface area (Å²) >= 11 is 1.45. The number of benzene rings is 2. The molecule has 1 amide bonds. The van der Waals surface area contributed by atoms with Crippen molar-refractivity contribution < 1.29 is 19.6 Å². The molecule has 0 atom stereocenters. The van der Waals surface area contributed by atoms with Gasteiger partial charge in [-0.05, 0) is 24.6 Å². The van der Waals surface area contributed by atoms with Crippen LogP contribution in [0, 0.1) is 10.1 Å². The largest absolute Gasteiger partial charge is 0.480 e. The third-order valence-electron chi connectivity index (χ3n) is 4.49. The Hall–Kier alpha value is -3.79. The molecule has 2 N–H and O–H groups in total. The minimum Gasteiger partial charge on any atom is -0.480 e. The number of nitrogens with zero attached hydrogens (tertiary/aromatic N) is 3. The van der Waals surface area contributed by atoms with Gasteiger partial charge in [-0.25, -0.2) is 4.98 Å². The summed E-state index contributed by atoms with van der Waals surface area (Å²) in [6.45, 7) is 2.83. The average molecular weight is 440 g/mol. The average Bonchev–Trinajstić information content (AvgIpc) is 3.26. The van der Waals surface area contributed by atoms with E-state index in [-0.39, 0.29) is 5.69 Å². The summed E-state index contributed by atoms with van der Waals surface area (Å²) in [6, 6.07) is 13.3. The molecule has 0 unspecified atom stereocenters. The van der Waals surface area contributed by atoms with E-state index in [0.717, 1.165) is 10.7 Å². The Labute approximate surface area is 182 Å². The van der Waals surface area contributed by atoms with Crippen molar-refractivity contribution in [3.05, 3.63) is 75.2 Å². The summed E-state index contributed by atoms with van der Waals surface area (Å²) in [6.07, 6.45) is 0. The van der Waals surface area contributed by atoms with Gasteiger partial charge in [0.2, 0.25) is 0 Å². The van der Waals surface area contributed by atoms with E-state index >= 15 is 0 Å². The standard InChI is InChI=1S/C21H20N4O5S/c1-2-24(12-14-6-8-15(9-7-14)20(28)22-11-19(26)27)21-23-18(13-31-21)16-4-3-5-17(10-16)25(29)30/h3-10,13H,2,11-12H2,1H3,(H,22,28)(H,26,27). The summed E-state index contributed by atoms with van der Waals surface area (Å²) in [5.41, 5.74) is 2.72. The number of hydrogen-bond donors (Lipinski definition) is 2. The lowest BCUT2D eigenvalue weighted by Crippen LogP contribution is -2.29. The topological polar surface area (TPSA) is 126 Å². The van der Waals surface area contributed by atoms with Gasteiger partial charge in [-0.3, -0.25) is 19.7 Å². The molecule has 31 heavy (non-hydrogen) atoms. The van der Waals surface area contributed by atoms with Crippen LogP contribution in [0.3, 0.4) is 0 Å². The molecule has 160 valence electrons. The summed E-state index contributed by atoms with van der Waals surface area (Å²) in [5.74, 6) is -1.54. The molecule has 10 heteroatoms. The Morgan fingerprint density at radius 1 is 1.23 bits per heavy atom. The van der Waals surface area contributed by atoms with Crippen LogP contribution < -0.4 is 10.2 Å². The summed E-state index contributed by atoms with van der Waals surface area (Å²) < 4.78 is 0. The zero-order valence-electron chi connectivity index (χ0n) is 16.6. The van der Waals surface area contributed by atoms with E-state index in [9.17, 15) is 19.7 Å². The van der Waals surface area contributed by atoms with Gasteiger partial charge in [0.05, 0.1) is 10.6 Å². The van der Waals surface area contributed by atoms with Gasteiger partial charge < -0.3 is 15.3 Å². The number of anilines is 1. The van der Waals surface area contributed by atoms with Crippen molar-refractivity contribution in [1.82, 2.24) is 10.3 Å². The number of rotatable bonds is 9. The zero-order valence-corrected chi connectivity index (χ0v) is 17.5.